The van der Waals surface area contributed by atoms with E-state index in [0.29, 0.717) is 5.69 Å². The van der Waals surface area contributed by atoms with Crippen LogP contribution >= 0.6 is 0 Å². The predicted octanol–water partition coefficient (Wildman–Crippen LogP) is 2.27. The number of para-hydroxylation sites is 1. The van der Waals surface area contributed by atoms with Crippen LogP contribution < -0.4 is 10.1 Å². The topological polar surface area (TPSA) is 89.3 Å². The summed E-state index contributed by atoms with van der Waals surface area (Å²) >= 11 is 0. The van der Waals surface area contributed by atoms with Crippen molar-refractivity contribution in [3.63, 3.8) is 0 Å². The number of nitrogens with zero attached hydrogens (tertiary/aromatic N) is 3. The molecule has 3 aromatic rings. The number of benzene rings is 2. The molecule has 0 radical (unpaired) electrons. The van der Waals surface area contributed by atoms with E-state index in [4.69, 9.17) is 4.74 Å². The fourth-order valence-corrected chi connectivity index (χ4v) is 2.30. The first kappa shape index (κ1) is 16.7. The molecule has 2 N–H and O–H groups in total. The molecule has 25 heavy (non-hydrogen) atoms. The molecule has 0 fully saturated rings. The summed E-state index contributed by atoms with van der Waals surface area (Å²) in [4.78, 5) is 16.1. The molecule has 7 heteroatoms. The fraction of sp³-hybridized carbons (Fsp3) is 0.167. The molecule has 128 valence electrons. The lowest BCUT2D eigenvalue weighted by molar-refractivity contribution is 0.101. The SMILES string of the molecule is COc1ccc(C(O)Cn2cnc(C(=O)Nc3ccccc3)n2)cc1. The number of carbonyl (C=O) groups excluding carboxylic acids is 1. The second-order valence-corrected chi connectivity index (χ2v) is 5.40. The Labute approximate surface area is 144 Å². The molecule has 2 aromatic carbocycles. The van der Waals surface area contributed by atoms with Gasteiger partial charge in [0.15, 0.2) is 0 Å². The number of nitrogens with one attached hydrogen (secondary N) is 1. The van der Waals surface area contributed by atoms with Crippen molar-refractivity contribution >= 4 is 11.6 Å². The monoisotopic (exact) mass is 338 g/mol. The number of methoxy groups -OCH3 is 1. The van der Waals surface area contributed by atoms with Gasteiger partial charge in [-0.15, -0.1) is 5.10 Å². The average Bonchev–Trinajstić information content (AvgIpc) is 3.11. The summed E-state index contributed by atoms with van der Waals surface area (Å²) in [6.07, 6.45) is 0.657. The van der Waals surface area contributed by atoms with Crippen LogP contribution in [0.2, 0.25) is 0 Å². The highest BCUT2D eigenvalue weighted by Crippen LogP contribution is 2.18. The Morgan fingerprint density at radius 3 is 2.60 bits per heavy atom. The number of aromatic nitrogens is 3. The second-order valence-electron chi connectivity index (χ2n) is 5.40. The highest BCUT2D eigenvalue weighted by molar-refractivity contribution is 6.01. The maximum Gasteiger partial charge on any atom is 0.295 e. The van der Waals surface area contributed by atoms with Crippen LogP contribution in [0, 0.1) is 0 Å². The van der Waals surface area contributed by atoms with E-state index >= 15 is 0 Å². The summed E-state index contributed by atoms with van der Waals surface area (Å²) in [7, 11) is 1.59. The Hall–Kier alpha value is -3.19. The third-order valence-electron chi connectivity index (χ3n) is 3.63. The predicted molar refractivity (Wildman–Crippen MR) is 92.4 cm³/mol. The Balaban J connectivity index is 1.63. The van der Waals surface area contributed by atoms with Gasteiger partial charge in [0, 0.05) is 5.69 Å². The summed E-state index contributed by atoms with van der Waals surface area (Å²) in [6, 6.07) is 16.2. The highest BCUT2D eigenvalue weighted by atomic mass is 16.5. The molecule has 0 saturated heterocycles. The van der Waals surface area contributed by atoms with Gasteiger partial charge in [-0.1, -0.05) is 30.3 Å². The normalized spacial score (nSPS) is 11.8. The van der Waals surface area contributed by atoms with Gasteiger partial charge in [-0.05, 0) is 29.8 Å². The van der Waals surface area contributed by atoms with Crippen LogP contribution in [-0.2, 0) is 6.54 Å². The van der Waals surface area contributed by atoms with Gasteiger partial charge in [-0.25, -0.2) is 9.67 Å². The van der Waals surface area contributed by atoms with Gasteiger partial charge in [0.25, 0.3) is 5.91 Å². The summed E-state index contributed by atoms with van der Waals surface area (Å²) in [5.74, 6) is 0.367. The maximum absolute atomic E-state index is 12.1. The Bertz CT molecular complexity index is 831. The van der Waals surface area contributed by atoms with Crippen molar-refractivity contribution in [2.24, 2.45) is 0 Å². The van der Waals surface area contributed by atoms with Crippen molar-refractivity contribution in [1.29, 1.82) is 0 Å². The van der Waals surface area contributed by atoms with Crippen molar-refractivity contribution in [3.8, 4) is 5.75 Å². The number of ether oxygens (including phenoxy) is 1. The van der Waals surface area contributed by atoms with Crippen LogP contribution in [0.1, 0.15) is 22.3 Å². The quantitative estimate of drug-likeness (QED) is 0.720. The summed E-state index contributed by atoms with van der Waals surface area (Å²) in [5.41, 5.74) is 1.40. The number of aliphatic hydroxyl groups excluding tert-OH is 1. The molecule has 1 atom stereocenters. The van der Waals surface area contributed by atoms with Crippen LogP contribution in [0.15, 0.2) is 60.9 Å². The molecule has 7 nitrogen and oxygen atoms in total. The molecule has 0 aliphatic carbocycles. The zero-order chi connectivity index (χ0) is 17.6. The second kappa shape index (κ2) is 7.59. The molecule has 0 spiro atoms. The number of rotatable bonds is 6. The summed E-state index contributed by atoms with van der Waals surface area (Å²) in [6.45, 7) is 0.192. The summed E-state index contributed by atoms with van der Waals surface area (Å²) < 4.78 is 6.53. The van der Waals surface area contributed by atoms with E-state index in [0.717, 1.165) is 11.3 Å². The van der Waals surface area contributed by atoms with Crippen molar-refractivity contribution in [2.75, 3.05) is 12.4 Å². The first-order valence-electron chi connectivity index (χ1n) is 7.73. The molecule has 0 aliphatic heterocycles. The molecule has 1 amide bonds. The lowest BCUT2D eigenvalue weighted by Crippen LogP contribution is -2.15. The summed E-state index contributed by atoms with van der Waals surface area (Å²) in [5, 5.41) is 17.1. The van der Waals surface area contributed by atoms with Gasteiger partial charge < -0.3 is 15.2 Å². The molecule has 1 unspecified atom stereocenters. The molecule has 0 aliphatic rings. The number of amides is 1. The van der Waals surface area contributed by atoms with Crippen LogP contribution in [0.3, 0.4) is 0 Å². The Morgan fingerprint density at radius 1 is 1.20 bits per heavy atom. The van der Waals surface area contributed by atoms with E-state index in [1.165, 1.54) is 11.0 Å². The lowest BCUT2D eigenvalue weighted by atomic mass is 10.1. The van der Waals surface area contributed by atoms with Crippen LogP contribution in [-0.4, -0.2) is 32.9 Å². The number of anilines is 1. The smallest absolute Gasteiger partial charge is 0.295 e. The molecular weight excluding hydrogens is 320 g/mol. The first-order valence-corrected chi connectivity index (χ1v) is 7.73. The number of hydrogen-bond donors (Lipinski definition) is 2. The van der Waals surface area contributed by atoms with E-state index in [1.807, 2.05) is 18.2 Å². The standard InChI is InChI=1S/C18H18N4O3/c1-25-15-9-7-13(8-10-15)16(23)11-22-12-19-17(21-22)18(24)20-14-5-3-2-4-6-14/h2-10,12,16,23H,11H2,1H3,(H,20,24). The first-order chi connectivity index (χ1) is 12.2. The molecule has 0 bridgehead atoms. The zero-order valence-corrected chi connectivity index (χ0v) is 13.7. The largest absolute Gasteiger partial charge is 0.497 e. The van der Waals surface area contributed by atoms with Crippen molar-refractivity contribution in [1.82, 2.24) is 14.8 Å². The zero-order valence-electron chi connectivity index (χ0n) is 13.7. The van der Waals surface area contributed by atoms with Gasteiger partial charge in [-0.3, -0.25) is 4.79 Å². The average molecular weight is 338 g/mol. The lowest BCUT2D eigenvalue weighted by Gasteiger charge is -2.11. The molecule has 1 aromatic heterocycles. The van der Waals surface area contributed by atoms with Crippen LogP contribution in [0.5, 0.6) is 5.75 Å². The Morgan fingerprint density at radius 2 is 1.92 bits per heavy atom. The van der Waals surface area contributed by atoms with E-state index in [2.05, 4.69) is 15.4 Å². The fourth-order valence-electron chi connectivity index (χ4n) is 2.30. The van der Waals surface area contributed by atoms with Crippen molar-refractivity contribution in [3.05, 3.63) is 72.3 Å². The minimum absolute atomic E-state index is 0.0470. The van der Waals surface area contributed by atoms with Crippen molar-refractivity contribution < 1.29 is 14.6 Å². The minimum atomic E-state index is -0.766. The van der Waals surface area contributed by atoms with Crippen LogP contribution in [0.25, 0.3) is 0 Å². The molecule has 1 heterocycles. The minimum Gasteiger partial charge on any atom is -0.497 e. The van der Waals surface area contributed by atoms with E-state index < -0.39 is 12.0 Å². The van der Waals surface area contributed by atoms with Gasteiger partial charge in [0.05, 0.1) is 19.8 Å². The molecular formula is C18H18N4O3. The third kappa shape index (κ3) is 4.21. The van der Waals surface area contributed by atoms with E-state index in [9.17, 15) is 9.90 Å². The van der Waals surface area contributed by atoms with E-state index in [-0.39, 0.29) is 12.4 Å². The van der Waals surface area contributed by atoms with Gasteiger partial charge in [0.2, 0.25) is 5.82 Å². The van der Waals surface area contributed by atoms with Gasteiger partial charge in [0.1, 0.15) is 12.1 Å². The molecule has 3 rings (SSSR count). The Kier molecular flexibility index (Phi) is 5.06. The van der Waals surface area contributed by atoms with Crippen LogP contribution in [0.4, 0.5) is 5.69 Å². The highest BCUT2D eigenvalue weighted by Gasteiger charge is 2.14. The van der Waals surface area contributed by atoms with Gasteiger partial charge >= 0.3 is 0 Å². The number of hydrogen-bond acceptors (Lipinski definition) is 5. The van der Waals surface area contributed by atoms with Gasteiger partial charge in [-0.2, -0.15) is 0 Å². The van der Waals surface area contributed by atoms with Crippen molar-refractivity contribution in [2.45, 2.75) is 12.6 Å². The maximum atomic E-state index is 12.1. The van der Waals surface area contributed by atoms with E-state index in [1.54, 1.807) is 43.5 Å². The molecule has 0 saturated carbocycles. The number of carbonyl (C=O) groups is 1. The number of aliphatic hydroxyl groups is 1. The third-order valence-corrected chi connectivity index (χ3v) is 3.63.